The molecule has 0 radical (unpaired) electrons. The normalized spacial score (nSPS) is 24.6. The predicted octanol–water partition coefficient (Wildman–Crippen LogP) is 2.67. The number of nitrogens with zero attached hydrogens (tertiary/aromatic N) is 4. The second kappa shape index (κ2) is 7.64. The first-order valence-electron chi connectivity index (χ1n) is 9.71. The fraction of sp³-hybridized carbons (Fsp3) is 0.650. The Kier molecular flexibility index (Phi) is 5.59. The minimum atomic E-state index is -3.07. The van der Waals surface area contributed by atoms with Crippen molar-refractivity contribution in [2.24, 2.45) is 12.5 Å². The maximum Gasteiger partial charge on any atom is 0.266 e. The molecule has 1 aromatic rings. The molecule has 0 saturated carbocycles. The average Bonchev–Trinajstić information content (AvgIpc) is 2.92. The first kappa shape index (κ1) is 20.5. The lowest BCUT2D eigenvalue weighted by Gasteiger charge is -2.49. The molecular weight excluding hydrogens is 366 g/mol. The first-order valence-corrected chi connectivity index (χ1v) is 9.71. The van der Waals surface area contributed by atoms with Crippen molar-refractivity contribution in [1.82, 2.24) is 19.6 Å². The van der Waals surface area contributed by atoms with Crippen molar-refractivity contribution in [3.63, 3.8) is 0 Å². The van der Waals surface area contributed by atoms with Crippen molar-refractivity contribution in [3.8, 4) is 0 Å². The molecule has 2 saturated heterocycles. The lowest BCUT2D eigenvalue weighted by atomic mass is 9.71. The molecule has 0 bridgehead atoms. The highest BCUT2D eigenvalue weighted by Gasteiger charge is 2.55. The van der Waals surface area contributed by atoms with Crippen LogP contribution in [0.15, 0.2) is 18.7 Å². The van der Waals surface area contributed by atoms with Crippen LogP contribution >= 0.6 is 0 Å². The molecule has 2 aliphatic heterocycles. The molecule has 154 valence electrons. The summed E-state index contributed by atoms with van der Waals surface area (Å²) in [4.78, 5) is 28.5. The molecule has 2 aliphatic rings. The van der Waals surface area contributed by atoms with Crippen molar-refractivity contribution in [2.75, 3.05) is 19.6 Å². The topological polar surface area (TPSA) is 58.4 Å². The monoisotopic (exact) mass is 394 g/mol. The minimum absolute atomic E-state index is 0.0678. The SMILES string of the molecule is C=CCCC(=O)N1CC(F)(F)C[C@]2(CCCN(Cc3cc(C)nn3C)C2=O)C1. The summed E-state index contributed by atoms with van der Waals surface area (Å²) in [6, 6.07) is 1.90. The Labute approximate surface area is 164 Å². The van der Waals surface area contributed by atoms with E-state index in [1.165, 1.54) is 4.90 Å². The second-order valence-electron chi connectivity index (χ2n) is 8.12. The number of carbonyl (C=O) groups excluding carboxylic acids is 2. The minimum Gasteiger partial charge on any atom is -0.336 e. The van der Waals surface area contributed by atoms with Crippen molar-refractivity contribution < 1.29 is 18.4 Å². The standard InChI is InChI=1S/C20H28F2N4O2/c1-4-5-7-17(27)26-13-19(12-20(21,22)14-26)8-6-9-25(18(19)28)11-16-10-15(2)23-24(16)3/h4,10H,1,5-9,11-14H2,2-3H3/t19-/m1/s1. The largest absolute Gasteiger partial charge is 0.336 e. The molecule has 1 atom stereocenters. The van der Waals surface area contributed by atoms with E-state index in [1.54, 1.807) is 22.7 Å². The van der Waals surface area contributed by atoms with Gasteiger partial charge >= 0.3 is 0 Å². The van der Waals surface area contributed by atoms with Gasteiger partial charge in [-0.05, 0) is 32.3 Å². The van der Waals surface area contributed by atoms with Crippen molar-refractivity contribution in [3.05, 3.63) is 30.1 Å². The molecule has 8 heteroatoms. The molecule has 0 aromatic carbocycles. The van der Waals surface area contributed by atoms with Gasteiger partial charge in [-0.3, -0.25) is 14.3 Å². The smallest absolute Gasteiger partial charge is 0.266 e. The zero-order chi connectivity index (χ0) is 20.5. The van der Waals surface area contributed by atoms with Crippen LogP contribution in [0.25, 0.3) is 0 Å². The number of alkyl halides is 2. The van der Waals surface area contributed by atoms with Gasteiger partial charge in [0.05, 0.1) is 29.9 Å². The maximum absolute atomic E-state index is 14.6. The number of halogens is 2. The van der Waals surface area contributed by atoms with E-state index >= 15 is 0 Å². The van der Waals surface area contributed by atoms with Crippen LogP contribution in [-0.2, 0) is 23.2 Å². The van der Waals surface area contributed by atoms with Crippen LogP contribution < -0.4 is 0 Å². The summed E-state index contributed by atoms with van der Waals surface area (Å²) >= 11 is 0. The van der Waals surface area contributed by atoms with Crippen LogP contribution in [-0.4, -0.2) is 57.0 Å². The molecule has 1 aromatic heterocycles. The number of aryl methyl sites for hydroxylation is 2. The Hall–Kier alpha value is -2.25. The number of allylic oxidation sites excluding steroid dienone is 1. The van der Waals surface area contributed by atoms with Crippen molar-refractivity contribution in [1.29, 1.82) is 0 Å². The van der Waals surface area contributed by atoms with E-state index in [0.717, 1.165) is 11.4 Å². The molecule has 3 heterocycles. The third-order valence-electron chi connectivity index (χ3n) is 5.70. The molecule has 1 spiro atoms. The predicted molar refractivity (Wildman–Crippen MR) is 101 cm³/mol. The van der Waals surface area contributed by atoms with Gasteiger partial charge in [0, 0.05) is 33.0 Å². The van der Waals surface area contributed by atoms with E-state index in [4.69, 9.17) is 0 Å². The third-order valence-corrected chi connectivity index (χ3v) is 5.70. The fourth-order valence-electron chi connectivity index (χ4n) is 4.49. The van der Waals surface area contributed by atoms with Gasteiger partial charge in [0.25, 0.3) is 5.92 Å². The van der Waals surface area contributed by atoms with Crippen LogP contribution in [0.1, 0.15) is 43.5 Å². The Bertz CT molecular complexity index is 776. The summed E-state index contributed by atoms with van der Waals surface area (Å²) in [6.45, 7) is 5.77. The van der Waals surface area contributed by atoms with E-state index in [9.17, 15) is 18.4 Å². The van der Waals surface area contributed by atoms with Gasteiger partial charge < -0.3 is 9.80 Å². The fourth-order valence-corrected chi connectivity index (χ4v) is 4.49. The zero-order valence-electron chi connectivity index (χ0n) is 16.6. The van der Waals surface area contributed by atoms with E-state index in [-0.39, 0.29) is 24.8 Å². The zero-order valence-corrected chi connectivity index (χ0v) is 16.6. The number of hydrogen-bond acceptors (Lipinski definition) is 3. The number of amides is 2. The highest BCUT2D eigenvalue weighted by atomic mass is 19.3. The molecule has 6 nitrogen and oxygen atoms in total. The molecule has 2 fully saturated rings. The first-order chi connectivity index (χ1) is 13.2. The van der Waals surface area contributed by atoms with Crippen LogP contribution in [0.4, 0.5) is 8.78 Å². The van der Waals surface area contributed by atoms with Crippen molar-refractivity contribution in [2.45, 2.75) is 51.5 Å². The number of likely N-dealkylation sites (tertiary alicyclic amines) is 2. The molecule has 3 rings (SSSR count). The van der Waals surface area contributed by atoms with E-state index in [1.807, 2.05) is 13.0 Å². The summed E-state index contributed by atoms with van der Waals surface area (Å²) in [7, 11) is 1.81. The summed E-state index contributed by atoms with van der Waals surface area (Å²) in [6.07, 6.45) is 2.71. The third kappa shape index (κ3) is 4.10. The van der Waals surface area contributed by atoms with E-state index < -0.39 is 24.3 Å². The number of piperidine rings is 2. The number of carbonyl (C=O) groups is 2. The van der Waals surface area contributed by atoms with Gasteiger partial charge in [-0.1, -0.05) is 6.08 Å². The van der Waals surface area contributed by atoms with Gasteiger partial charge in [0.15, 0.2) is 0 Å². The van der Waals surface area contributed by atoms with Gasteiger partial charge in [0.1, 0.15) is 0 Å². The average molecular weight is 394 g/mol. The summed E-state index contributed by atoms with van der Waals surface area (Å²) in [5.74, 6) is -3.69. The molecular formula is C20H28F2N4O2. The van der Waals surface area contributed by atoms with Gasteiger partial charge in [-0.2, -0.15) is 5.10 Å². The Morgan fingerprint density at radius 3 is 2.79 bits per heavy atom. The Morgan fingerprint density at radius 2 is 2.14 bits per heavy atom. The Morgan fingerprint density at radius 1 is 1.39 bits per heavy atom. The molecule has 28 heavy (non-hydrogen) atoms. The van der Waals surface area contributed by atoms with Crippen LogP contribution in [0.2, 0.25) is 0 Å². The van der Waals surface area contributed by atoms with Gasteiger partial charge in [-0.25, -0.2) is 8.78 Å². The van der Waals surface area contributed by atoms with Gasteiger partial charge in [0.2, 0.25) is 11.8 Å². The molecule has 2 amide bonds. The lowest BCUT2D eigenvalue weighted by molar-refractivity contribution is -0.175. The maximum atomic E-state index is 14.6. The molecule has 0 unspecified atom stereocenters. The highest BCUT2D eigenvalue weighted by molar-refractivity contribution is 5.85. The van der Waals surface area contributed by atoms with Gasteiger partial charge in [-0.15, -0.1) is 6.58 Å². The number of aromatic nitrogens is 2. The molecule has 0 aliphatic carbocycles. The van der Waals surface area contributed by atoms with E-state index in [0.29, 0.717) is 32.4 Å². The summed E-state index contributed by atoms with van der Waals surface area (Å²) in [5, 5.41) is 4.29. The summed E-state index contributed by atoms with van der Waals surface area (Å²) in [5.41, 5.74) is 0.501. The highest BCUT2D eigenvalue weighted by Crippen LogP contribution is 2.45. The Balaban J connectivity index is 1.81. The van der Waals surface area contributed by atoms with Crippen LogP contribution in [0.5, 0.6) is 0 Å². The van der Waals surface area contributed by atoms with Crippen LogP contribution in [0, 0.1) is 12.3 Å². The molecule has 0 N–H and O–H groups in total. The lowest BCUT2D eigenvalue weighted by Crippen LogP contribution is -2.61. The number of rotatable bonds is 5. The second-order valence-corrected chi connectivity index (χ2v) is 8.12. The summed E-state index contributed by atoms with van der Waals surface area (Å²) < 4.78 is 30.8. The van der Waals surface area contributed by atoms with E-state index in [2.05, 4.69) is 11.7 Å². The van der Waals surface area contributed by atoms with Crippen molar-refractivity contribution >= 4 is 11.8 Å². The van der Waals surface area contributed by atoms with Crippen LogP contribution in [0.3, 0.4) is 0 Å². The number of hydrogen-bond donors (Lipinski definition) is 0. The quantitative estimate of drug-likeness (QED) is 0.722.